The second-order valence-electron chi connectivity index (χ2n) is 4.96. The third kappa shape index (κ3) is 3.21. The molecule has 3 nitrogen and oxygen atoms in total. The number of benzene rings is 1. The van der Waals surface area contributed by atoms with Crippen LogP contribution in [-0.2, 0) is 0 Å². The molecule has 1 aromatic rings. The quantitative estimate of drug-likeness (QED) is 0.869. The summed E-state index contributed by atoms with van der Waals surface area (Å²) in [5, 5.41) is 0. The van der Waals surface area contributed by atoms with Gasteiger partial charge in [-0.05, 0) is 37.9 Å². The molecule has 0 saturated carbocycles. The number of hydrogen-bond donors (Lipinski definition) is 1. The Bertz CT molecular complexity index is 386. The van der Waals surface area contributed by atoms with Gasteiger partial charge in [0, 0.05) is 19.1 Å². The van der Waals surface area contributed by atoms with Crippen molar-refractivity contribution in [1.82, 2.24) is 4.90 Å². The van der Waals surface area contributed by atoms with Crippen molar-refractivity contribution in [2.75, 3.05) is 26.2 Å². The molecule has 1 saturated heterocycles. The third-order valence-corrected chi connectivity index (χ3v) is 3.60. The second-order valence-corrected chi connectivity index (χ2v) is 4.96. The van der Waals surface area contributed by atoms with Crippen molar-refractivity contribution in [3.05, 3.63) is 30.1 Å². The minimum Gasteiger partial charge on any atom is -0.489 e. The van der Waals surface area contributed by atoms with Crippen molar-refractivity contribution in [3.63, 3.8) is 0 Å². The molecule has 2 unspecified atom stereocenters. The van der Waals surface area contributed by atoms with Gasteiger partial charge >= 0.3 is 0 Å². The molecule has 100 valence electrons. The van der Waals surface area contributed by atoms with Crippen LogP contribution in [0.2, 0.25) is 0 Å². The molecule has 1 fully saturated rings. The summed E-state index contributed by atoms with van der Waals surface area (Å²) in [5.74, 6) is 0.625. The summed E-state index contributed by atoms with van der Waals surface area (Å²) < 4.78 is 18.8. The average Bonchev–Trinajstić information content (AvgIpc) is 2.73. The highest BCUT2D eigenvalue weighted by Gasteiger charge is 2.27. The molecule has 2 N–H and O–H groups in total. The van der Waals surface area contributed by atoms with Crippen LogP contribution < -0.4 is 10.5 Å². The van der Waals surface area contributed by atoms with Crippen molar-refractivity contribution < 1.29 is 9.13 Å². The van der Waals surface area contributed by atoms with Crippen LogP contribution in [0.15, 0.2) is 24.3 Å². The van der Waals surface area contributed by atoms with E-state index in [1.807, 2.05) is 0 Å². The summed E-state index contributed by atoms with van der Waals surface area (Å²) >= 11 is 0. The monoisotopic (exact) mass is 252 g/mol. The SMILES string of the molecule is CC1CC(CN)CN1CCOc1ccccc1F. The number of ether oxygens (including phenoxy) is 1. The van der Waals surface area contributed by atoms with E-state index in [1.54, 1.807) is 18.2 Å². The zero-order valence-electron chi connectivity index (χ0n) is 10.8. The molecule has 1 aliphatic rings. The number of nitrogens with zero attached hydrogens (tertiary/aromatic N) is 1. The van der Waals surface area contributed by atoms with Gasteiger partial charge in [0.25, 0.3) is 0 Å². The zero-order valence-corrected chi connectivity index (χ0v) is 10.8. The van der Waals surface area contributed by atoms with E-state index < -0.39 is 0 Å². The Morgan fingerprint density at radius 2 is 2.22 bits per heavy atom. The Labute approximate surface area is 108 Å². The minimum absolute atomic E-state index is 0.299. The van der Waals surface area contributed by atoms with E-state index in [2.05, 4.69) is 11.8 Å². The van der Waals surface area contributed by atoms with E-state index in [4.69, 9.17) is 10.5 Å². The molecule has 0 bridgehead atoms. The smallest absolute Gasteiger partial charge is 0.165 e. The summed E-state index contributed by atoms with van der Waals surface area (Å²) in [6, 6.07) is 7.06. The molecule has 2 rings (SSSR count). The van der Waals surface area contributed by atoms with Gasteiger partial charge in [0.1, 0.15) is 6.61 Å². The van der Waals surface area contributed by atoms with Gasteiger partial charge in [0.05, 0.1) is 0 Å². The molecule has 1 aromatic carbocycles. The minimum atomic E-state index is -0.299. The first-order chi connectivity index (χ1) is 8.70. The molecule has 2 atom stereocenters. The summed E-state index contributed by atoms with van der Waals surface area (Å²) in [7, 11) is 0. The van der Waals surface area contributed by atoms with Crippen LogP contribution in [0.1, 0.15) is 13.3 Å². The van der Waals surface area contributed by atoms with E-state index >= 15 is 0 Å². The van der Waals surface area contributed by atoms with Crippen LogP contribution in [0, 0.1) is 11.7 Å². The Morgan fingerprint density at radius 1 is 1.44 bits per heavy atom. The van der Waals surface area contributed by atoms with Crippen LogP contribution in [0.3, 0.4) is 0 Å². The summed E-state index contributed by atoms with van der Waals surface area (Å²) in [4.78, 5) is 2.36. The van der Waals surface area contributed by atoms with Gasteiger partial charge in [0.15, 0.2) is 11.6 Å². The maximum atomic E-state index is 13.3. The largest absolute Gasteiger partial charge is 0.489 e. The van der Waals surface area contributed by atoms with Crippen molar-refractivity contribution in [2.45, 2.75) is 19.4 Å². The summed E-state index contributed by atoms with van der Waals surface area (Å²) in [5.41, 5.74) is 5.69. The predicted octanol–water partition coefficient (Wildman–Crippen LogP) is 1.87. The molecule has 1 heterocycles. The average molecular weight is 252 g/mol. The Balaban J connectivity index is 1.77. The molecule has 4 heteroatoms. The molecular formula is C14H21FN2O. The maximum absolute atomic E-state index is 13.3. The van der Waals surface area contributed by atoms with Crippen molar-refractivity contribution in [2.24, 2.45) is 11.7 Å². The van der Waals surface area contributed by atoms with E-state index in [9.17, 15) is 4.39 Å². The van der Waals surface area contributed by atoms with Crippen molar-refractivity contribution >= 4 is 0 Å². The first-order valence-corrected chi connectivity index (χ1v) is 6.52. The first-order valence-electron chi connectivity index (χ1n) is 6.52. The fourth-order valence-electron chi connectivity index (χ4n) is 2.53. The van der Waals surface area contributed by atoms with E-state index in [-0.39, 0.29) is 5.82 Å². The first kappa shape index (κ1) is 13.3. The van der Waals surface area contributed by atoms with Gasteiger partial charge in [-0.25, -0.2) is 4.39 Å². The molecule has 1 aliphatic heterocycles. The molecule has 18 heavy (non-hydrogen) atoms. The molecule has 0 radical (unpaired) electrons. The zero-order chi connectivity index (χ0) is 13.0. The Morgan fingerprint density at radius 3 is 2.89 bits per heavy atom. The number of nitrogens with two attached hydrogens (primary N) is 1. The lowest BCUT2D eigenvalue weighted by Crippen LogP contribution is -2.32. The third-order valence-electron chi connectivity index (χ3n) is 3.60. The van der Waals surface area contributed by atoms with Crippen molar-refractivity contribution in [1.29, 1.82) is 0 Å². The molecule has 0 amide bonds. The van der Waals surface area contributed by atoms with Crippen LogP contribution in [0.4, 0.5) is 4.39 Å². The van der Waals surface area contributed by atoms with Crippen LogP contribution in [-0.4, -0.2) is 37.2 Å². The van der Waals surface area contributed by atoms with Gasteiger partial charge in [-0.1, -0.05) is 12.1 Å². The van der Waals surface area contributed by atoms with Crippen LogP contribution >= 0.6 is 0 Å². The number of likely N-dealkylation sites (tertiary alicyclic amines) is 1. The fraction of sp³-hybridized carbons (Fsp3) is 0.571. The number of para-hydroxylation sites is 1. The van der Waals surface area contributed by atoms with Gasteiger partial charge in [0.2, 0.25) is 0 Å². The second kappa shape index (κ2) is 6.16. The molecule has 0 aliphatic carbocycles. The van der Waals surface area contributed by atoms with E-state index in [1.165, 1.54) is 6.07 Å². The lowest BCUT2D eigenvalue weighted by atomic mass is 10.1. The van der Waals surface area contributed by atoms with E-state index in [0.717, 1.165) is 26.1 Å². The molecule has 0 aromatic heterocycles. The van der Waals surface area contributed by atoms with E-state index in [0.29, 0.717) is 24.3 Å². The summed E-state index contributed by atoms with van der Waals surface area (Å²) in [6.07, 6.45) is 1.15. The number of hydrogen-bond acceptors (Lipinski definition) is 3. The number of halogens is 1. The standard InChI is InChI=1S/C14H21FN2O/c1-11-8-12(9-16)10-17(11)6-7-18-14-5-3-2-4-13(14)15/h2-5,11-12H,6-10,16H2,1H3. The van der Waals surface area contributed by atoms with Crippen LogP contribution in [0.25, 0.3) is 0 Å². The van der Waals surface area contributed by atoms with Crippen LogP contribution in [0.5, 0.6) is 5.75 Å². The van der Waals surface area contributed by atoms with Crippen molar-refractivity contribution in [3.8, 4) is 5.75 Å². The van der Waals surface area contributed by atoms with Gasteiger partial charge in [-0.2, -0.15) is 0 Å². The van der Waals surface area contributed by atoms with Gasteiger partial charge in [-0.3, -0.25) is 4.90 Å². The number of rotatable bonds is 5. The highest BCUT2D eigenvalue weighted by atomic mass is 19.1. The Hall–Kier alpha value is -1.13. The Kier molecular flexibility index (Phi) is 4.55. The lowest BCUT2D eigenvalue weighted by Gasteiger charge is -2.21. The fourth-order valence-corrected chi connectivity index (χ4v) is 2.53. The molecule has 0 spiro atoms. The van der Waals surface area contributed by atoms with Gasteiger partial charge < -0.3 is 10.5 Å². The normalized spacial score (nSPS) is 24.4. The summed E-state index contributed by atoms with van der Waals surface area (Å²) in [6.45, 7) is 5.32. The topological polar surface area (TPSA) is 38.5 Å². The maximum Gasteiger partial charge on any atom is 0.165 e. The highest BCUT2D eigenvalue weighted by molar-refractivity contribution is 5.23. The van der Waals surface area contributed by atoms with Gasteiger partial charge in [-0.15, -0.1) is 0 Å². The predicted molar refractivity (Wildman–Crippen MR) is 70.1 cm³/mol. The highest BCUT2D eigenvalue weighted by Crippen LogP contribution is 2.22. The lowest BCUT2D eigenvalue weighted by molar-refractivity contribution is 0.198. The molecular weight excluding hydrogens is 231 g/mol.